The zero-order chi connectivity index (χ0) is 12.8. The van der Waals surface area contributed by atoms with Crippen molar-refractivity contribution in [1.82, 2.24) is 10.2 Å². The third-order valence-electron chi connectivity index (χ3n) is 2.75. The molecular formula is C11H23N3O3. The van der Waals surface area contributed by atoms with Crippen molar-refractivity contribution in [1.29, 1.82) is 0 Å². The lowest BCUT2D eigenvalue weighted by Crippen LogP contribution is -2.58. The predicted octanol–water partition coefficient (Wildman–Crippen LogP) is -1.47. The number of primary amides is 1. The topological polar surface area (TPSA) is 87.8 Å². The highest BCUT2D eigenvalue weighted by molar-refractivity contribution is 5.80. The Kier molecular flexibility index (Phi) is 5.84. The van der Waals surface area contributed by atoms with Gasteiger partial charge in [0.1, 0.15) is 6.04 Å². The Morgan fingerprint density at radius 3 is 2.94 bits per heavy atom. The number of ether oxygens (including phenoxy) is 1. The number of carbonyl (C=O) groups is 1. The molecule has 0 aromatic rings. The third kappa shape index (κ3) is 4.99. The molecule has 2 atom stereocenters. The molecule has 1 aliphatic rings. The summed E-state index contributed by atoms with van der Waals surface area (Å²) >= 11 is 0. The van der Waals surface area contributed by atoms with Crippen LogP contribution in [0.5, 0.6) is 0 Å². The molecule has 0 aromatic heterocycles. The fourth-order valence-corrected chi connectivity index (χ4v) is 1.87. The summed E-state index contributed by atoms with van der Waals surface area (Å²) in [4.78, 5) is 13.1. The van der Waals surface area contributed by atoms with Gasteiger partial charge >= 0.3 is 0 Å². The highest BCUT2D eigenvalue weighted by Crippen LogP contribution is 2.05. The van der Waals surface area contributed by atoms with Gasteiger partial charge in [0.25, 0.3) is 0 Å². The number of aliphatic hydroxyl groups is 1. The number of piperazine rings is 1. The molecule has 0 saturated carbocycles. The number of nitrogens with zero attached hydrogens (tertiary/aromatic N) is 1. The van der Waals surface area contributed by atoms with Crippen LogP contribution in [0.2, 0.25) is 0 Å². The molecule has 4 N–H and O–H groups in total. The van der Waals surface area contributed by atoms with Gasteiger partial charge in [-0.1, -0.05) is 0 Å². The molecule has 0 aromatic carbocycles. The van der Waals surface area contributed by atoms with E-state index in [1.54, 1.807) is 0 Å². The van der Waals surface area contributed by atoms with Gasteiger partial charge in [-0.05, 0) is 13.8 Å². The highest BCUT2D eigenvalue weighted by atomic mass is 16.5. The van der Waals surface area contributed by atoms with Gasteiger partial charge in [0.15, 0.2) is 0 Å². The molecule has 2 unspecified atom stereocenters. The quantitative estimate of drug-likeness (QED) is 0.532. The molecule has 1 heterocycles. The van der Waals surface area contributed by atoms with E-state index in [0.717, 1.165) is 6.54 Å². The zero-order valence-electron chi connectivity index (χ0n) is 10.6. The van der Waals surface area contributed by atoms with Crippen LogP contribution in [0.15, 0.2) is 0 Å². The Morgan fingerprint density at radius 1 is 1.65 bits per heavy atom. The molecule has 100 valence electrons. The fraction of sp³-hybridized carbons (Fsp3) is 0.909. The first-order valence-corrected chi connectivity index (χ1v) is 6.04. The second-order valence-corrected chi connectivity index (χ2v) is 4.65. The van der Waals surface area contributed by atoms with Crippen LogP contribution >= 0.6 is 0 Å². The number of hydrogen-bond acceptors (Lipinski definition) is 5. The second-order valence-electron chi connectivity index (χ2n) is 4.65. The van der Waals surface area contributed by atoms with E-state index in [-0.39, 0.29) is 24.7 Å². The molecule has 1 aliphatic heterocycles. The van der Waals surface area contributed by atoms with Gasteiger partial charge in [0.2, 0.25) is 5.91 Å². The first-order valence-electron chi connectivity index (χ1n) is 6.04. The van der Waals surface area contributed by atoms with E-state index in [1.165, 1.54) is 0 Å². The van der Waals surface area contributed by atoms with Crippen LogP contribution in [0.1, 0.15) is 13.8 Å². The molecule has 1 amide bonds. The molecule has 6 nitrogen and oxygen atoms in total. The number of nitrogens with one attached hydrogen (secondary N) is 1. The lowest BCUT2D eigenvalue weighted by atomic mass is 10.1. The Morgan fingerprint density at radius 2 is 2.35 bits per heavy atom. The summed E-state index contributed by atoms with van der Waals surface area (Å²) in [6.45, 7) is 6.61. The van der Waals surface area contributed by atoms with E-state index in [1.807, 2.05) is 18.7 Å². The van der Waals surface area contributed by atoms with Gasteiger partial charge in [0.05, 0.1) is 18.8 Å². The van der Waals surface area contributed by atoms with Gasteiger partial charge in [-0.15, -0.1) is 0 Å². The van der Waals surface area contributed by atoms with Crippen LogP contribution in [-0.4, -0.2) is 66.9 Å². The normalized spacial score (nSPS) is 23.9. The van der Waals surface area contributed by atoms with Gasteiger partial charge in [-0.2, -0.15) is 0 Å². The molecule has 0 spiro atoms. The van der Waals surface area contributed by atoms with Crippen LogP contribution in [0.4, 0.5) is 0 Å². The van der Waals surface area contributed by atoms with Crippen LogP contribution in [-0.2, 0) is 9.53 Å². The van der Waals surface area contributed by atoms with Crippen LogP contribution < -0.4 is 11.1 Å². The smallest absolute Gasteiger partial charge is 0.236 e. The third-order valence-corrected chi connectivity index (χ3v) is 2.75. The lowest BCUT2D eigenvalue weighted by Gasteiger charge is -2.35. The SMILES string of the molecule is CC(C)OCC(O)CN1CCNCC1C(N)=O. The molecular weight excluding hydrogens is 222 g/mol. The molecule has 6 heteroatoms. The molecule has 0 aliphatic carbocycles. The first kappa shape index (κ1) is 14.4. The van der Waals surface area contributed by atoms with Crippen molar-refractivity contribution in [2.75, 3.05) is 32.8 Å². The molecule has 0 radical (unpaired) electrons. The van der Waals surface area contributed by atoms with E-state index in [2.05, 4.69) is 5.32 Å². The number of nitrogens with two attached hydrogens (primary N) is 1. The first-order chi connectivity index (χ1) is 8.00. The monoisotopic (exact) mass is 245 g/mol. The largest absolute Gasteiger partial charge is 0.389 e. The van der Waals surface area contributed by atoms with Crippen molar-refractivity contribution in [3.63, 3.8) is 0 Å². The Hall–Kier alpha value is -0.690. The number of rotatable bonds is 6. The van der Waals surface area contributed by atoms with Gasteiger partial charge in [-0.3, -0.25) is 9.69 Å². The minimum Gasteiger partial charge on any atom is -0.389 e. The predicted molar refractivity (Wildman–Crippen MR) is 64.5 cm³/mol. The average molecular weight is 245 g/mol. The maximum Gasteiger partial charge on any atom is 0.236 e. The average Bonchev–Trinajstić information content (AvgIpc) is 2.27. The number of aliphatic hydroxyl groups excluding tert-OH is 1. The molecule has 1 saturated heterocycles. The van der Waals surface area contributed by atoms with E-state index in [9.17, 15) is 9.90 Å². The van der Waals surface area contributed by atoms with E-state index < -0.39 is 6.10 Å². The number of hydrogen-bond donors (Lipinski definition) is 3. The minimum absolute atomic E-state index is 0.0969. The van der Waals surface area contributed by atoms with Crippen molar-refractivity contribution < 1.29 is 14.6 Å². The molecule has 17 heavy (non-hydrogen) atoms. The summed E-state index contributed by atoms with van der Waals surface area (Å²) in [5, 5.41) is 12.9. The van der Waals surface area contributed by atoms with Gasteiger partial charge < -0.3 is 20.9 Å². The molecule has 1 fully saturated rings. The fourth-order valence-electron chi connectivity index (χ4n) is 1.87. The lowest BCUT2D eigenvalue weighted by molar-refractivity contribution is -0.124. The second kappa shape index (κ2) is 6.90. The van der Waals surface area contributed by atoms with Crippen LogP contribution in [0.3, 0.4) is 0 Å². The molecule has 0 bridgehead atoms. The van der Waals surface area contributed by atoms with Gasteiger partial charge in [-0.25, -0.2) is 0 Å². The Balaban J connectivity index is 2.39. The summed E-state index contributed by atoms with van der Waals surface area (Å²) in [5.74, 6) is -0.353. The summed E-state index contributed by atoms with van der Waals surface area (Å²) in [7, 11) is 0. The summed E-state index contributed by atoms with van der Waals surface area (Å²) in [6.07, 6.45) is -0.489. The summed E-state index contributed by atoms with van der Waals surface area (Å²) in [6, 6.07) is -0.336. The summed E-state index contributed by atoms with van der Waals surface area (Å²) < 4.78 is 5.33. The maximum atomic E-state index is 11.2. The summed E-state index contributed by atoms with van der Waals surface area (Å²) in [5.41, 5.74) is 5.32. The van der Waals surface area contributed by atoms with Crippen molar-refractivity contribution >= 4 is 5.91 Å². The van der Waals surface area contributed by atoms with Crippen molar-refractivity contribution in [2.45, 2.75) is 32.1 Å². The molecule has 1 rings (SSSR count). The number of carbonyl (C=O) groups excluding carboxylic acids is 1. The number of β-amino-alcohol motifs (C(OH)–C–C–N with tert-alkyl or cyclic N) is 1. The standard InChI is InChI=1S/C11H23N3O3/c1-8(2)17-7-9(15)6-14-4-3-13-5-10(14)11(12)16/h8-10,13,15H,3-7H2,1-2H3,(H2,12,16). The van der Waals surface area contributed by atoms with Crippen molar-refractivity contribution in [3.05, 3.63) is 0 Å². The van der Waals surface area contributed by atoms with Crippen molar-refractivity contribution in [3.8, 4) is 0 Å². The van der Waals surface area contributed by atoms with E-state index in [4.69, 9.17) is 10.5 Å². The maximum absolute atomic E-state index is 11.2. The van der Waals surface area contributed by atoms with Crippen LogP contribution in [0, 0.1) is 0 Å². The zero-order valence-corrected chi connectivity index (χ0v) is 10.6. The minimum atomic E-state index is -0.586. The highest BCUT2D eigenvalue weighted by Gasteiger charge is 2.28. The van der Waals surface area contributed by atoms with Crippen LogP contribution in [0.25, 0.3) is 0 Å². The number of amides is 1. The van der Waals surface area contributed by atoms with E-state index >= 15 is 0 Å². The van der Waals surface area contributed by atoms with E-state index in [0.29, 0.717) is 19.6 Å². The Labute approximate surface area is 102 Å². The van der Waals surface area contributed by atoms with Gasteiger partial charge in [0, 0.05) is 26.2 Å². The van der Waals surface area contributed by atoms with Crippen molar-refractivity contribution in [2.24, 2.45) is 5.73 Å². The Bertz CT molecular complexity index is 248.